The summed E-state index contributed by atoms with van der Waals surface area (Å²) in [6, 6.07) is 1.83. The van der Waals surface area contributed by atoms with Crippen LogP contribution in [0.4, 0.5) is 5.95 Å². The number of nitrogens with zero attached hydrogens (tertiary/aromatic N) is 2. The molecule has 0 aliphatic rings. The Labute approximate surface area is 86.6 Å². The van der Waals surface area contributed by atoms with Crippen LogP contribution in [0, 0.1) is 13.8 Å². The van der Waals surface area contributed by atoms with Crippen molar-refractivity contribution < 1.29 is 4.57 Å². The summed E-state index contributed by atoms with van der Waals surface area (Å²) < 4.78 is 1.87. The van der Waals surface area contributed by atoms with Gasteiger partial charge in [0.15, 0.2) is 0 Å². The molecule has 0 aromatic carbocycles. The molecule has 0 saturated carbocycles. The van der Waals surface area contributed by atoms with E-state index in [0.717, 1.165) is 11.3 Å². The second kappa shape index (κ2) is 3.05. The number of nitrogens with one attached hydrogen (secondary N) is 1. The highest BCUT2D eigenvalue weighted by Crippen LogP contribution is 2.08. The molecule has 5 heteroatoms. The van der Waals surface area contributed by atoms with E-state index in [4.69, 9.17) is 5.73 Å². The van der Waals surface area contributed by atoms with E-state index in [9.17, 15) is 4.79 Å². The van der Waals surface area contributed by atoms with Crippen LogP contribution < -0.4 is 15.9 Å². The highest BCUT2D eigenvalue weighted by Gasteiger charge is 2.16. The summed E-state index contributed by atoms with van der Waals surface area (Å²) >= 11 is 0. The van der Waals surface area contributed by atoms with Crippen LogP contribution in [-0.4, -0.2) is 9.97 Å². The zero-order chi connectivity index (χ0) is 11.2. The van der Waals surface area contributed by atoms with Crippen LogP contribution in [0.25, 0.3) is 11.0 Å². The van der Waals surface area contributed by atoms with Gasteiger partial charge >= 0.3 is 11.6 Å². The van der Waals surface area contributed by atoms with Gasteiger partial charge in [-0.1, -0.05) is 0 Å². The number of aromatic amines is 1. The first-order valence-corrected chi connectivity index (χ1v) is 4.66. The summed E-state index contributed by atoms with van der Waals surface area (Å²) in [6.45, 7) is 3.94. The summed E-state index contributed by atoms with van der Waals surface area (Å²) in [5, 5.41) is 0.565. The van der Waals surface area contributed by atoms with Gasteiger partial charge in [0.2, 0.25) is 0 Å². The second-order valence-corrected chi connectivity index (χ2v) is 3.66. The van der Waals surface area contributed by atoms with Crippen LogP contribution in [0.5, 0.6) is 0 Å². The standard InChI is InChI=1S/C10H12N4O/c1-5-4-7-8(14(3)6(5)2)12-10(11)13-9(7)15/h4H,1-3H3,(H2,11,13,15)/p+1. The summed E-state index contributed by atoms with van der Waals surface area (Å²) in [7, 11) is 1.87. The molecule has 0 aliphatic carbocycles. The monoisotopic (exact) mass is 205 g/mol. The first-order chi connectivity index (χ1) is 7.00. The van der Waals surface area contributed by atoms with Crippen LogP contribution in [0.2, 0.25) is 0 Å². The van der Waals surface area contributed by atoms with Crippen LogP contribution in [0.1, 0.15) is 11.3 Å². The molecule has 2 rings (SSSR count). The van der Waals surface area contributed by atoms with Crippen molar-refractivity contribution in [2.24, 2.45) is 7.05 Å². The van der Waals surface area contributed by atoms with Crippen LogP contribution in [0.15, 0.2) is 10.9 Å². The van der Waals surface area contributed by atoms with E-state index in [1.807, 2.05) is 31.5 Å². The van der Waals surface area contributed by atoms with Gasteiger partial charge in [0.25, 0.3) is 5.56 Å². The minimum Gasteiger partial charge on any atom is -0.348 e. The molecule has 0 bridgehead atoms. The number of aromatic nitrogens is 3. The number of hydrogen-bond donors (Lipinski definition) is 2. The average molecular weight is 205 g/mol. The topological polar surface area (TPSA) is 75.6 Å². The van der Waals surface area contributed by atoms with Gasteiger partial charge < -0.3 is 5.73 Å². The van der Waals surface area contributed by atoms with Crippen molar-refractivity contribution in [3.8, 4) is 0 Å². The number of H-pyrrole nitrogens is 1. The van der Waals surface area contributed by atoms with Crippen LogP contribution in [0.3, 0.4) is 0 Å². The predicted molar refractivity (Wildman–Crippen MR) is 57.4 cm³/mol. The van der Waals surface area contributed by atoms with Crippen LogP contribution >= 0.6 is 0 Å². The quantitative estimate of drug-likeness (QED) is 0.592. The lowest BCUT2D eigenvalue weighted by Gasteiger charge is -2.03. The number of pyridine rings is 1. The molecule has 0 radical (unpaired) electrons. The Kier molecular flexibility index (Phi) is 1.96. The smallest absolute Gasteiger partial charge is 0.340 e. The van der Waals surface area contributed by atoms with Crippen LogP contribution in [-0.2, 0) is 7.05 Å². The van der Waals surface area contributed by atoms with Gasteiger partial charge in [0, 0.05) is 0 Å². The van der Waals surface area contributed by atoms with Gasteiger partial charge in [-0.2, -0.15) is 0 Å². The number of nitrogen functional groups attached to an aromatic ring is 1. The van der Waals surface area contributed by atoms with Crippen molar-refractivity contribution in [3.05, 3.63) is 27.7 Å². The fraction of sp³-hybridized carbons (Fsp3) is 0.300. The molecule has 0 saturated heterocycles. The first kappa shape index (κ1) is 9.64. The van der Waals surface area contributed by atoms with E-state index >= 15 is 0 Å². The Morgan fingerprint density at radius 1 is 1.47 bits per heavy atom. The van der Waals surface area contributed by atoms with Crippen molar-refractivity contribution in [2.75, 3.05) is 5.73 Å². The first-order valence-electron chi connectivity index (χ1n) is 4.66. The lowest BCUT2D eigenvalue weighted by molar-refractivity contribution is -0.653. The molecule has 5 nitrogen and oxygen atoms in total. The third-order valence-corrected chi connectivity index (χ3v) is 2.71. The minimum atomic E-state index is -0.198. The van der Waals surface area contributed by atoms with Gasteiger partial charge in [0.05, 0.1) is 7.05 Å². The number of aryl methyl sites for hydroxylation is 2. The van der Waals surface area contributed by atoms with Gasteiger partial charge in [0.1, 0.15) is 11.1 Å². The normalized spacial score (nSPS) is 10.9. The summed E-state index contributed by atoms with van der Waals surface area (Å²) in [5.74, 6) is 0.145. The highest BCUT2D eigenvalue weighted by molar-refractivity contribution is 5.72. The largest absolute Gasteiger partial charge is 0.348 e. The Hall–Kier alpha value is -1.91. The molecule has 0 amide bonds. The van der Waals surface area contributed by atoms with Crippen molar-refractivity contribution in [2.45, 2.75) is 13.8 Å². The molecule has 0 spiro atoms. The summed E-state index contributed by atoms with van der Waals surface area (Å²) in [5.41, 5.74) is 8.04. The molecule has 0 aliphatic heterocycles. The fourth-order valence-electron chi connectivity index (χ4n) is 1.62. The number of hydrogen-bond acceptors (Lipinski definition) is 3. The summed E-state index contributed by atoms with van der Waals surface area (Å²) in [6.07, 6.45) is 0. The molecule has 3 N–H and O–H groups in total. The number of nitrogens with two attached hydrogens (primary N) is 1. The highest BCUT2D eigenvalue weighted by atomic mass is 16.1. The van der Waals surface area contributed by atoms with Gasteiger partial charge in [-0.3, -0.25) is 9.78 Å². The Bertz CT molecular complexity index is 600. The van der Waals surface area contributed by atoms with E-state index in [2.05, 4.69) is 9.97 Å². The van der Waals surface area contributed by atoms with E-state index < -0.39 is 0 Å². The lowest BCUT2D eigenvalue weighted by Crippen LogP contribution is -2.36. The molecule has 2 aromatic rings. The maximum absolute atomic E-state index is 11.6. The SMILES string of the molecule is Cc1cc2c(=O)[nH]c(N)nc2[n+](C)c1C. The maximum Gasteiger partial charge on any atom is 0.340 e. The minimum absolute atomic E-state index is 0.145. The van der Waals surface area contributed by atoms with E-state index in [1.54, 1.807) is 0 Å². The molecule has 0 unspecified atom stereocenters. The maximum atomic E-state index is 11.6. The van der Waals surface area contributed by atoms with Crippen molar-refractivity contribution >= 4 is 17.0 Å². The molecule has 15 heavy (non-hydrogen) atoms. The molecule has 0 fully saturated rings. The third kappa shape index (κ3) is 1.36. The van der Waals surface area contributed by atoms with Crippen molar-refractivity contribution in [1.82, 2.24) is 9.97 Å². The number of anilines is 1. The van der Waals surface area contributed by atoms with E-state index in [1.165, 1.54) is 0 Å². The molecular formula is C10H13N4O+. The van der Waals surface area contributed by atoms with E-state index in [0.29, 0.717) is 11.0 Å². The zero-order valence-electron chi connectivity index (χ0n) is 8.96. The molecule has 0 atom stereocenters. The Morgan fingerprint density at radius 2 is 2.13 bits per heavy atom. The molecular weight excluding hydrogens is 192 g/mol. The Morgan fingerprint density at radius 3 is 2.80 bits per heavy atom. The predicted octanol–water partition coefficient (Wildman–Crippen LogP) is -0.0534. The van der Waals surface area contributed by atoms with Gasteiger partial charge in [-0.15, -0.1) is 0 Å². The van der Waals surface area contributed by atoms with Gasteiger partial charge in [-0.25, -0.2) is 4.57 Å². The number of fused-ring (bicyclic) bond motifs is 1. The lowest BCUT2D eigenvalue weighted by atomic mass is 10.2. The third-order valence-electron chi connectivity index (χ3n) is 2.71. The van der Waals surface area contributed by atoms with Gasteiger partial charge in [-0.05, 0) is 30.5 Å². The summed E-state index contributed by atoms with van der Waals surface area (Å²) in [4.78, 5) is 18.2. The Balaban J connectivity index is 3.05. The van der Waals surface area contributed by atoms with Crippen molar-refractivity contribution in [3.63, 3.8) is 0 Å². The van der Waals surface area contributed by atoms with E-state index in [-0.39, 0.29) is 11.5 Å². The second-order valence-electron chi connectivity index (χ2n) is 3.66. The average Bonchev–Trinajstić information content (AvgIpc) is 2.17. The molecule has 2 aromatic heterocycles. The fourth-order valence-corrected chi connectivity index (χ4v) is 1.62. The molecule has 78 valence electrons. The van der Waals surface area contributed by atoms with Crippen molar-refractivity contribution in [1.29, 1.82) is 0 Å². The molecule has 2 heterocycles. The zero-order valence-corrected chi connectivity index (χ0v) is 8.96. The number of rotatable bonds is 0.